The number of amides is 1. The van der Waals surface area contributed by atoms with Crippen LogP contribution in [0.25, 0.3) is 0 Å². The first-order valence-corrected chi connectivity index (χ1v) is 10.4. The van der Waals surface area contributed by atoms with Crippen LogP contribution in [-0.2, 0) is 9.84 Å². The molecule has 5 atom stereocenters. The molecule has 5 unspecified atom stereocenters. The first-order valence-electron chi connectivity index (χ1n) is 8.54. The van der Waals surface area contributed by atoms with Gasteiger partial charge in [-0.05, 0) is 67.6 Å². The molecule has 1 amide bonds. The van der Waals surface area contributed by atoms with Crippen molar-refractivity contribution >= 4 is 15.7 Å². The molecule has 3 aliphatic carbocycles. The first kappa shape index (κ1) is 15.2. The molecule has 0 aliphatic heterocycles. The van der Waals surface area contributed by atoms with E-state index >= 15 is 0 Å². The molecule has 1 aromatic carbocycles. The minimum Gasteiger partial charge on any atom is -0.349 e. The Morgan fingerprint density at radius 3 is 2.70 bits per heavy atom. The van der Waals surface area contributed by atoms with Gasteiger partial charge in [0.2, 0.25) is 0 Å². The Bertz CT molecular complexity index is 742. The molecule has 0 heterocycles. The van der Waals surface area contributed by atoms with Crippen molar-refractivity contribution in [3.8, 4) is 0 Å². The average Bonchev–Trinajstić information content (AvgIpc) is 3.18. The van der Waals surface area contributed by atoms with Crippen molar-refractivity contribution in [2.45, 2.75) is 43.0 Å². The number of hydrogen-bond donors (Lipinski definition) is 1. The van der Waals surface area contributed by atoms with Crippen LogP contribution >= 0.6 is 0 Å². The van der Waals surface area contributed by atoms with E-state index < -0.39 is 9.84 Å². The molecular formula is C18H23NO3S. The monoisotopic (exact) mass is 333 g/mol. The lowest BCUT2D eigenvalue weighted by Crippen LogP contribution is -2.42. The summed E-state index contributed by atoms with van der Waals surface area (Å²) in [6, 6.07) is 6.62. The van der Waals surface area contributed by atoms with E-state index in [0.29, 0.717) is 11.5 Å². The van der Waals surface area contributed by atoms with Gasteiger partial charge in [0.1, 0.15) is 0 Å². The van der Waals surface area contributed by atoms with Crippen LogP contribution in [0.3, 0.4) is 0 Å². The second-order valence-corrected chi connectivity index (χ2v) is 9.55. The van der Waals surface area contributed by atoms with Gasteiger partial charge in [0.05, 0.1) is 4.90 Å². The predicted octanol–water partition coefficient (Wildman–Crippen LogP) is 2.64. The standard InChI is InChI=1S/C18H23NO3S/c1-23(21,22)13-5-2-4-11(8-13)18(20)19-17-10-12-9-16(17)15-7-3-6-14(12)15/h2,4-5,8,12,14-17H,3,6-7,9-10H2,1H3,(H,19,20). The van der Waals surface area contributed by atoms with E-state index in [1.807, 2.05) is 0 Å². The van der Waals surface area contributed by atoms with Crippen molar-refractivity contribution in [2.24, 2.45) is 23.7 Å². The van der Waals surface area contributed by atoms with Crippen LogP contribution in [0.5, 0.6) is 0 Å². The molecule has 0 radical (unpaired) electrons. The number of fused-ring (bicyclic) bond motifs is 5. The van der Waals surface area contributed by atoms with E-state index in [-0.39, 0.29) is 16.8 Å². The van der Waals surface area contributed by atoms with Crippen molar-refractivity contribution < 1.29 is 13.2 Å². The molecular weight excluding hydrogens is 310 g/mol. The lowest BCUT2D eigenvalue weighted by molar-refractivity contribution is 0.0901. The molecule has 4 nitrogen and oxygen atoms in total. The number of benzene rings is 1. The number of sulfone groups is 1. The average molecular weight is 333 g/mol. The minimum atomic E-state index is -3.29. The quantitative estimate of drug-likeness (QED) is 0.925. The summed E-state index contributed by atoms with van der Waals surface area (Å²) in [5, 5.41) is 3.18. The predicted molar refractivity (Wildman–Crippen MR) is 87.9 cm³/mol. The number of carbonyl (C=O) groups is 1. The molecule has 5 heteroatoms. The maximum absolute atomic E-state index is 12.5. The fraction of sp³-hybridized carbons (Fsp3) is 0.611. The Labute approximate surface area is 137 Å². The third-order valence-corrected chi connectivity index (χ3v) is 7.38. The van der Waals surface area contributed by atoms with E-state index in [1.54, 1.807) is 12.1 Å². The first-order chi connectivity index (χ1) is 10.9. The van der Waals surface area contributed by atoms with Gasteiger partial charge in [-0.2, -0.15) is 0 Å². The highest BCUT2D eigenvalue weighted by Gasteiger charge is 2.54. The zero-order chi connectivity index (χ0) is 16.2. The molecule has 23 heavy (non-hydrogen) atoms. The van der Waals surface area contributed by atoms with Crippen LogP contribution in [0.15, 0.2) is 29.2 Å². The molecule has 1 aromatic rings. The zero-order valence-electron chi connectivity index (χ0n) is 13.4. The van der Waals surface area contributed by atoms with Crippen LogP contribution in [-0.4, -0.2) is 26.6 Å². The van der Waals surface area contributed by atoms with E-state index in [2.05, 4.69) is 5.32 Å². The SMILES string of the molecule is CS(=O)(=O)c1cccc(C(=O)NC2CC3CC2C2CCCC32)c1. The molecule has 3 saturated carbocycles. The highest BCUT2D eigenvalue weighted by Crippen LogP contribution is 2.58. The van der Waals surface area contributed by atoms with Crippen molar-refractivity contribution in [3.63, 3.8) is 0 Å². The molecule has 0 spiro atoms. The summed E-state index contributed by atoms with van der Waals surface area (Å²) in [4.78, 5) is 12.7. The molecule has 124 valence electrons. The Morgan fingerprint density at radius 1 is 1.13 bits per heavy atom. The second-order valence-electron chi connectivity index (χ2n) is 7.53. The lowest BCUT2D eigenvalue weighted by atomic mass is 9.79. The summed E-state index contributed by atoms with van der Waals surface area (Å²) in [6.07, 6.45) is 7.58. The number of nitrogens with one attached hydrogen (secondary N) is 1. The third-order valence-electron chi connectivity index (χ3n) is 6.27. The molecule has 2 bridgehead atoms. The second kappa shape index (κ2) is 5.33. The van der Waals surface area contributed by atoms with Crippen molar-refractivity contribution in [1.82, 2.24) is 5.32 Å². The number of carbonyl (C=O) groups excluding carboxylic acids is 1. The Balaban J connectivity index is 1.49. The number of hydrogen-bond acceptors (Lipinski definition) is 3. The molecule has 0 saturated heterocycles. The number of rotatable bonds is 3. The fourth-order valence-electron chi connectivity index (χ4n) is 5.35. The highest BCUT2D eigenvalue weighted by molar-refractivity contribution is 7.90. The Hall–Kier alpha value is -1.36. The van der Waals surface area contributed by atoms with Gasteiger partial charge in [0, 0.05) is 17.9 Å². The Kier molecular flexibility index (Phi) is 3.52. The van der Waals surface area contributed by atoms with Crippen LogP contribution < -0.4 is 5.32 Å². The molecule has 3 aliphatic rings. The van der Waals surface area contributed by atoms with Crippen LogP contribution in [0.4, 0.5) is 0 Å². The summed E-state index contributed by atoms with van der Waals surface area (Å²) in [7, 11) is -3.29. The highest BCUT2D eigenvalue weighted by atomic mass is 32.2. The molecule has 0 aromatic heterocycles. The van der Waals surface area contributed by atoms with Gasteiger partial charge in [-0.25, -0.2) is 8.42 Å². The molecule has 3 fully saturated rings. The van der Waals surface area contributed by atoms with Crippen LogP contribution in [0, 0.1) is 23.7 Å². The maximum atomic E-state index is 12.5. The third kappa shape index (κ3) is 2.59. The van der Waals surface area contributed by atoms with Gasteiger partial charge in [-0.3, -0.25) is 4.79 Å². The molecule has 1 N–H and O–H groups in total. The van der Waals surface area contributed by atoms with Gasteiger partial charge < -0.3 is 5.32 Å². The topological polar surface area (TPSA) is 63.2 Å². The van der Waals surface area contributed by atoms with Gasteiger partial charge in [-0.1, -0.05) is 12.5 Å². The van der Waals surface area contributed by atoms with Crippen molar-refractivity contribution in [1.29, 1.82) is 0 Å². The molecule has 4 rings (SSSR count). The minimum absolute atomic E-state index is 0.136. The van der Waals surface area contributed by atoms with Crippen LogP contribution in [0.2, 0.25) is 0 Å². The smallest absolute Gasteiger partial charge is 0.251 e. The van der Waals surface area contributed by atoms with E-state index in [0.717, 1.165) is 24.2 Å². The normalized spacial score (nSPS) is 35.3. The van der Waals surface area contributed by atoms with Gasteiger partial charge in [-0.15, -0.1) is 0 Å². The summed E-state index contributed by atoms with van der Waals surface area (Å²) >= 11 is 0. The largest absolute Gasteiger partial charge is 0.349 e. The fourth-order valence-corrected chi connectivity index (χ4v) is 6.02. The van der Waals surface area contributed by atoms with E-state index in [4.69, 9.17) is 0 Å². The summed E-state index contributed by atoms with van der Waals surface area (Å²) in [6.45, 7) is 0. The van der Waals surface area contributed by atoms with Crippen LogP contribution in [0.1, 0.15) is 42.5 Å². The summed E-state index contributed by atoms with van der Waals surface area (Å²) in [5.41, 5.74) is 0.443. The summed E-state index contributed by atoms with van der Waals surface area (Å²) in [5.74, 6) is 3.00. The van der Waals surface area contributed by atoms with Crippen molar-refractivity contribution in [3.05, 3.63) is 29.8 Å². The lowest BCUT2D eigenvalue weighted by Gasteiger charge is -2.32. The van der Waals surface area contributed by atoms with E-state index in [1.165, 1.54) is 44.1 Å². The van der Waals surface area contributed by atoms with Gasteiger partial charge in [0.25, 0.3) is 5.91 Å². The summed E-state index contributed by atoms with van der Waals surface area (Å²) < 4.78 is 23.3. The van der Waals surface area contributed by atoms with Gasteiger partial charge in [0.15, 0.2) is 9.84 Å². The van der Waals surface area contributed by atoms with Gasteiger partial charge >= 0.3 is 0 Å². The van der Waals surface area contributed by atoms with Crippen molar-refractivity contribution in [2.75, 3.05) is 6.26 Å². The Morgan fingerprint density at radius 2 is 1.91 bits per heavy atom. The maximum Gasteiger partial charge on any atom is 0.251 e. The zero-order valence-corrected chi connectivity index (χ0v) is 14.2. The van der Waals surface area contributed by atoms with E-state index in [9.17, 15) is 13.2 Å².